The summed E-state index contributed by atoms with van der Waals surface area (Å²) in [4.78, 5) is 4.46. The van der Waals surface area contributed by atoms with E-state index in [4.69, 9.17) is 0 Å². The molecule has 1 aromatic heterocycles. The zero-order chi connectivity index (χ0) is 13.7. The van der Waals surface area contributed by atoms with Crippen LogP contribution in [0, 0.1) is 5.41 Å². The monoisotopic (exact) mass is 263 g/mol. The van der Waals surface area contributed by atoms with Crippen LogP contribution in [0.3, 0.4) is 0 Å². The van der Waals surface area contributed by atoms with Crippen LogP contribution >= 0.6 is 0 Å². The molecule has 0 bridgehead atoms. The molecule has 1 fully saturated rings. The molecule has 3 nitrogen and oxygen atoms in total. The molecule has 1 aliphatic carbocycles. The zero-order valence-corrected chi connectivity index (χ0v) is 12.8. The minimum Gasteiger partial charge on any atom is -0.338 e. The van der Waals surface area contributed by atoms with Gasteiger partial charge in [-0.05, 0) is 37.6 Å². The lowest BCUT2D eigenvalue weighted by atomic mass is 9.74. The Morgan fingerprint density at radius 3 is 2.63 bits per heavy atom. The first-order valence-electron chi connectivity index (χ1n) is 7.91. The minimum absolute atomic E-state index is 0.543. The van der Waals surface area contributed by atoms with E-state index < -0.39 is 0 Å². The molecule has 0 spiro atoms. The van der Waals surface area contributed by atoms with Crippen molar-refractivity contribution in [3.8, 4) is 0 Å². The Labute approximate surface area is 117 Å². The predicted octanol–water partition coefficient (Wildman–Crippen LogP) is 3.30. The van der Waals surface area contributed by atoms with E-state index in [0.717, 1.165) is 13.0 Å². The second-order valence-corrected chi connectivity index (χ2v) is 6.03. The summed E-state index contributed by atoms with van der Waals surface area (Å²) in [6.07, 6.45) is 13.2. The maximum atomic E-state index is 4.46. The summed E-state index contributed by atoms with van der Waals surface area (Å²) < 4.78 is 2.15. The summed E-state index contributed by atoms with van der Waals surface area (Å²) in [5.41, 5.74) is 0.543. The number of aryl methyl sites for hydroxylation is 2. The van der Waals surface area contributed by atoms with Crippen molar-refractivity contribution < 1.29 is 0 Å². The van der Waals surface area contributed by atoms with Gasteiger partial charge in [0.05, 0.1) is 0 Å². The molecule has 1 N–H and O–H groups in total. The van der Waals surface area contributed by atoms with Crippen LogP contribution in [-0.2, 0) is 13.5 Å². The Bertz CT molecular complexity index is 377. The first-order chi connectivity index (χ1) is 9.22. The van der Waals surface area contributed by atoms with Crippen molar-refractivity contribution in [1.82, 2.24) is 14.9 Å². The lowest BCUT2D eigenvalue weighted by molar-refractivity contribution is 0.178. The van der Waals surface area contributed by atoms with E-state index >= 15 is 0 Å². The molecule has 1 saturated carbocycles. The van der Waals surface area contributed by atoms with Gasteiger partial charge in [-0.1, -0.05) is 26.7 Å². The van der Waals surface area contributed by atoms with E-state index in [1.54, 1.807) is 0 Å². The van der Waals surface area contributed by atoms with Crippen LogP contribution in [0.15, 0.2) is 12.4 Å². The fourth-order valence-electron chi connectivity index (χ4n) is 3.81. The summed E-state index contributed by atoms with van der Waals surface area (Å²) in [7, 11) is 2.09. The van der Waals surface area contributed by atoms with E-state index in [2.05, 4.69) is 35.8 Å². The summed E-state index contributed by atoms with van der Waals surface area (Å²) >= 11 is 0. The molecular formula is C16H29N3. The van der Waals surface area contributed by atoms with Crippen molar-refractivity contribution in [3.05, 3.63) is 18.2 Å². The van der Waals surface area contributed by atoms with Gasteiger partial charge in [0.15, 0.2) is 0 Å². The normalized spacial score (nSPS) is 19.7. The summed E-state index contributed by atoms with van der Waals surface area (Å²) in [6, 6.07) is 0.654. The lowest BCUT2D eigenvalue weighted by Crippen LogP contribution is -2.44. The Hall–Kier alpha value is -0.830. The Balaban J connectivity index is 2.01. The smallest absolute Gasteiger partial charge is 0.108 e. The SMILES string of the molecule is CCNC(CCc1nccn1C)C1(CC)CCCC1. The van der Waals surface area contributed by atoms with Gasteiger partial charge in [-0.25, -0.2) is 4.98 Å². The second-order valence-electron chi connectivity index (χ2n) is 6.03. The lowest BCUT2D eigenvalue weighted by Gasteiger charge is -2.37. The molecule has 2 rings (SSSR count). The van der Waals surface area contributed by atoms with Gasteiger partial charge < -0.3 is 9.88 Å². The van der Waals surface area contributed by atoms with Gasteiger partial charge in [-0.15, -0.1) is 0 Å². The van der Waals surface area contributed by atoms with Gasteiger partial charge in [0, 0.05) is 31.9 Å². The van der Waals surface area contributed by atoms with Crippen molar-refractivity contribution >= 4 is 0 Å². The van der Waals surface area contributed by atoms with Gasteiger partial charge >= 0.3 is 0 Å². The fraction of sp³-hybridized carbons (Fsp3) is 0.812. The van der Waals surface area contributed by atoms with Crippen LogP contribution in [-0.4, -0.2) is 22.1 Å². The number of nitrogens with zero attached hydrogens (tertiary/aromatic N) is 2. The molecule has 3 heteroatoms. The summed E-state index contributed by atoms with van der Waals surface area (Å²) in [5, 5.41) is 3.76. The van der Waals surface area contributed by atoms with Gasteiger partial charge in [-0.3, -0.25) is 0 Å². The summed E-state index contributed by atoms with van der Waals surface area (Å²) in [5.74, 6) is 1.21. The standard InChI is InChI=1S/C16H29N3/c1-4-16(10-6-7-11-16)14(17-5-2)8-9-15-18-12-13-19(15)3/h12-14,17H,4-11H2,1-3H3. The topological polar surface area (TPSA) is 29.9 Å². The largest absolute Gasteiger partial charge is 0.338 e. The van der Waals surface area contributed by atoms with Crippen LogP contribution in [0.5, 0.6) is 0 Å². The highest BCUT2D eigenvalue weighted by Gasteiger charge is 2.38. The maximum absolute atomic E-state index is 4.46. The number of rotatable bonds is 7. The van der Waals surface area contributed by atoms with Gasteiger partial charge in [0.1, 0.15) is 5.82 Å². The summed E-state index contributed by atoms with van der Waals surface area (Å²) in [6.45, 7) is 5.68. The van der Waals surface area contributed by atoms with Crippen molar-refractivity contribution in [1.29, 1.82) is 0 Å². The molecular weight excluding hydrogens is 234 g/mol. The number of hydrogen-bond donors (Lipinski definition) is 1. The van der Waals surface area contributed by atoms with Crippen LogP contribution in [0.25, 0.3) is 0 Å². The van der Waals surface area contributed by atoms with Gasteiger partial charge in [0.25, 0.3) is 0 Å². The third-order valence-electron chi connectivity index (χ3n) is 5.07. The van der Waals surface area contributed by atoms with Crippen LogP contribution in [0.4, 0.5) is 0 Å². The van der Waals surface area contributed by atoms with E-state index in [0.29, 0.717) is 11.5 Å². The third-order valence-corrected chi connectivity index (χ3v) is 5.07. The number of aromatic nitrogens is 2. The molecule has 19 heavy (non-hydrogen) atoms. The molecule has 0 radical (unpaired) electrons. The molecule has 0 amide bonds. The highest BCUT2D eigenvalue weighted by molar-refractivity contribution is 4.97. The fourth-order valence-corrected chi connectivity index (χ4v) is 3.81. The minimum atomic E-state index is 0.543. The van der Waals surface area contributed by atoms with E-state index in [1.165, 1.54) is 44.3 Å². The molecule has 0 aromatic carbocycles. The van der Waals surface area contributed by atoms with E-state index in [1.807, 2.05) is 12.4 Å². The Kier molecular flexibility index (Phi) is 5.03. The molecule has 108 valence electrons. The Morgan fingerprint density at radius 2 is 2.11 bits per heavy atom. The first kappa shape index (κ1) is 14.6. The average Bonchev–Trinajstić information content (AvgIpc) is 3.04. The zero-order valence-electron chi connectivity index (χ0n) is 12.8. The van der Waals surface area contributed by atoms with Crippen LogP contribution in [0.1, 0.15) is 58.2 Å². The van der Waals surface area contributed by atoms with Crippen LogP contribution in [0.2, 0.25) is 0 Å². The van der Waals surface area contributed by atoms with Gasteiger partial charge in [0.2, 0.25) is 0 Å². The molecule has 0 aliphatic heterocycles. The van der Waals surface area contributed by atoms with Crippen molar-refractivity contribution in [2.45, 2.75) is 64.8 Å². The second kappa shape index (κ2) is 6.56. The molecule has 1 aromatic rings. The van der Waals surface area contributed by atoms with Gasteiger partial charge in [-0.2, -0.15) is 0 Å². The van der Waals surface area contributed by atoms with E-state index in [-0.39, 0.29) is 0 Å². The number of nitrogens with one attached hydrogen (secondary N) is 1. The quantitative estimate of drug-likeness (QED) is 0.818. The molecule has 1 unspecified atom stereocenters. The van der Waals surface area contributed by atoms with E-state index in [9.17, 15) is 0 Å². The molecule has 1 atom stereocenters. The average molecular weight is 263 g/mol. The maximum Gasteiger partial charge on any atom is 0.108 e. The molecule has 1 heterocycles. The number of imidazole rings is 1. The highest BCUT2D eigenvalue weighted by Crippen LogP contribution is 2.45. The highest BCUT2D eigenvalue weighted by atomic mass is 15.0. The van der Waals surface area contributed by atoms with Crippen molar-refractivity contribution in [3.63, 3.8) is 0 Å². The Morgan fingerprint density at radius 1 is 1.37 bits per heavy atom. The van der Waals surface area contributed by atoms with Crippen LogP contribution < -0.4 is 5.32 Å². The van der Waals surface area contributed by atoms with Crippen molar-refractivity contribution in [2.75, 3.05) is 6.54 Å². The van der Waals surface area contributed by atoms with Crippen molar-refractivity contribution in [2.24, 2.45) is 12.5 Å². The molecule has 0 saturated heterocycles. The molecule has 1 aliphatic rings. The predicted molar refractivity (Wildman–Crippen MR) is 80.2 cm³/mol. The number of hydrogen-bond acceptors (Lipinski definition) is 2. The third kappa shape index (κ3) is 3.19. The first-order valence-corrected chi connectivity index (χ1v) is 7.91.